The summed E-state index contributed by atoms with van der Waals surface area (Å²) in [5.41, 5.74) is -0.134. The number of benzene rings is 2. The third-order valence-electron chi connectivity index (χ3n) is 6.70. The number of carbonyl (C=O) groups excluding carboxylic acids is 4. The molecular weight excluding hydrogens is 600 g/mol. The van der Waals surface area contributed by atoms with E-state index >= 15 is 0 Å². The molecule has 2 aromatic rings. The average molecular weight is 646 g/mol. The van der Waals surface area contributed by atoms with Crippen LogP contribution >= 0.6 is 0 Å². The summed E-state index contributed by atoms with van der Waals surface area (Å²) in [5.74, 6) is -3.92. The third kappa shape index (κ3) is 17.5. The summed E-state index contributed by atoms with van der Waals surface area (Å²) in [6, 6.07) is 11.9. The zero-order valence-corrected chi connectivity index (χ0v) is 26.4. The molecule has 1 radical (unpaired) electrons. The van der Waals surface area contributed by atoms with Crippen LogP contribution in [0.2, 0.25) is 0 Å². The molecular formula is C34H46CuO8. The number of carboxylic acid groups (broad SMARTS) is 2. The molecule has 2 aromatic carbocycles. The fourth-order valence-corrected chi connectivity index (χ4v) is 4.28. The number of carboxylic acids is 2. The van der Waals surface area contributed by atoms with E-state index in [0.29, 0.717) is 13.2 Å². The molecule has 0 bridgehead atoms. The molecule has 0 spiro atoms. The van der Waals surface area contributed by atoms with Crippen molar-refractivity contribution in [3.8, 4) is 0 Å². The number of esters is 2. The number of aromatic carboxylic acids is 2. The van der Waals surface area contributed by atoms with E-state index in [0.717, 1.165) is 38.5 Å². The molecule has 241 valence electrons. The van der Waals surface area contributed by atoms with Gasteiger partial charge in [-0.3, -0.25) is 0 Å². The maximum atomic E-state index is 11.8. The van der Waals surface area contributed by atoms with Gasteiger partial charge in [0.1, 0.15) is 0 Å². The van der Waals surface area contributed by atoms with E-state index in [4.69, 9.17) is 9.47 Å². The molecule has 8 nitrogen and oxygen atoms in total. The van der Waals surface area contributed by atoms with Crippen molar-refractivity contribution < 1.29 is 55.9 Å². The van der Waals surface area contributed by atoms with Gasteiger partial charge in [-0.1, -0.05) is 127 Å². The van der Waals surface area contributed by atoms with Gasteiger partial charge in [0.15, 0.2) is 0 Å². The minimum atomic E-state index is -1.36. The van der Waals surface area contributed by atoms with Crippen molar-refractivity contribution in [1.82, 2.24) is 0 Å². The SMILES string of the molecule is CCCCCCCCCOC(=O)c1ccccc1C(=O)[O-].CCCCCCCCCOC(=O)c1ccccc1C(=O)[O-].[Cu+2]. The first-order valence-electron chi connectivity index (χ1n) is 15.3. The largest absolute Gasteiger partial charge is 2.00 e. The van der Waals surface area contributed by atoms with E-state index in [1.165, 1.54) is 75.6 Å². The second-order valence-corrected chi connectivity index (χ2v) is 10.2. The van der Waals surface area contributed by atoms with Crippen molar-refractivity contribution in [2.75, 3.05) is 13.2 Å². The van der Waals surface area contributed by atoms with Crippen LogP contribution in [0.1, 0.15) is 145 Å². The van der Waals surface area contributed by atoms with Gasteiger partial charge in [-0.2, -0.15) is 0 Å². The number of hydrogen-bond donors (Lipinski definition) is 0. The molecule has 0 unspecified atom stereocenters. The van der Waals surface area contributed by atoms with Crippen molar-refractivity contribution in [3.63, 3.8) is 0 Å². The monoisotopic (exact) mass is 645 g/mol. The Morgan fingerprint density at radius 2 is 0.767 bits per heavy atom. The molecule has 0 saturated carbocycles. The number of unbranched alkanes of at least 4 members (excludes halogenated alkanes) is 12. The molecule has 43 heavy (non-hydrogen) atoms. The van der Waals surface area contributed by atoms with Crippen LogP contribution in [-0.4, -0.2) is 37.1 Å². The Balaban J connectivity index is 0.000000802. The van der Waals surface area contributed by atoms with Crippen LogP contribution in [0.15, 0.2) is 48.5 Å². The smallest absolute Gasteiger partial charge is 0.545 e. The van der Waals surface area contributed by atoms with Gasteiger partial charge >= 0.3 is 29.0 Å². The van der Waals surface area contributed by atoms with Crippen LogP contribution in [0, 0.1) is 0 Å². The Bertz CT molecular complexity index is 1000. The number of hydrogen-bond acceptors (Lipinski definition) is 8. The predicted molar refractivity (Wildman–Crippen MR) is 158 cm³/mol. The second kappa shape index (κ2) is 25.3. The minimum Gasteiger partial charge on any atom is -0.545 e. The van der Waals surface area contributed by atoms with Crippen molar-refractivity contribution in [2.24, 2.45) is 0 Å². The van der Waals surface area contributed by atoms with Crippen LogP contribution < -0.4 is 10.2 Å². The Morgan fingerprint density at radius 1 is 0.488 bits per heavy atom. The summed E-state index contributed by atoms with van der Waals surface area (Å²) in [5, 5.41) is 21.8. The van der Waals surface area contributed by atoms with Crippen LogP contribution in [0.4, 0.5) is 0 Å². The van der Waals surface area contributed by atoms with Gasteiger partial charge in [0.2, 0.25) is 0 Å². The molecule has 0 saturated heterocycles. The van der Waals surface area contributed by atoms with Gasteiger partial charge in [-0.05, 0) is 25.0 Å². The third-order valence-corrected chi connectivity index (χ3v) is 6.70. The van der Waals surface area contributed by atoms with Gasteiger partial charge in [0.25, 0.3) is 0 Å². The summed E-state index contributed by atoms with van der Waals surface area (Å²) < 4.78 is 10.2. The van der Waals surface area contributed by atoms with E-state index in [9.17, 15) is 29.4 Å². The average Bonchev–Trinajstić information content (AvgIpc) is 2.99. The molecule has 0 atom stereocenters. The molecule has 9 heteroatoms. The summed E-state index contributed by atoms with van der Waals surface area (Å²) in [6.07, 6.45) is 15.9. The summed E-state index contributed by atoms with van der Waals surface area (Å²) in [6.45, 7) is 5.02. The van der Waals surface area contributed by atoms with Gasteiger partial charge in [0.05, 0.1) is 36.3 Å². The van der Waals surface area contributed by atoms with Crippen LogP contribution in [-0.2, 0) is 26.5 Å². The first-order valence-corrected chi connectivity index (χ1v) is 15.3. The molecule has 0 aliphatic heterocycles. The quantitative estimate of drug-likeness (QED) is 0.0985. The van der Waals surface area contributed by atoms with Gasteiger partial charge in [-0.15, -0.1) is 0 Å². The van der Waals surface area contributed by atoms with Crippen molar-refractivity contribution in [2.45, 2.75) is 104 Å². The second-order valence-electron chi connectivity index (χ2n) is 10.2. The molecule has 0 aromatic heterocycles. The van der Waals surface area contributed by atoms with E-state index in [1.807, 2.05) is 0 Å². The van der Waals surface area contributed by atoms with Crippen LogP contribution in [0.5, 0.6) is 0 Å². The normalized spacial score (nSPS) is 10.1. The van der Waals surface area contributed by atoms with Gasteiger partial charge < -0.3 is 29.3 Å². The van der Waals surface area contributed by atoms with Crippen molar-refractivity contribution in [3.05, 3.63) is 70.8 Å². The summed E-state index contributed by atoms with van der Waals surface area (Å²) >= 11 is 0. The fourth-order valence-electron chi connectivity index (χ4n) is 4.28. The molecule has 0 fully saturated rings. The van der Waals surface area contributed by atoms with E-state index in [1.54, 1.807) is 24.3 Å². The molecule has 0 aliphatic rings. The van der Waals surface area contributed by atoms with E-state index in [2.05, 4.69) is 13.8 Å². The summed E-state index contributed by atoms with van der Waals surface area (Å²) in [7, 11) is 0. The minimum absolute atomic E-state index is 0. The Morgan fingerprint density at radius 3 is 1.07 bits per heavy atom. The first kappa shape index (κ1) is 39.8. The molecule has 0 aliphatic carbocycles. The molecule has 0 N–H and O–H groups in total. The van der Waals surface area contributed by atoms with Gasteiger partial charge in [0, 0.05) is 11.1 Å². The van der Waals surface area contributed by atoms with Crippen molar-refractivity contribution >= 4 is 23.9 Å². The molecule has 0 amide bonds. The Kier molecular flexibility index (Phi) is 23.5. The maximum Gasteiger partial charge on any atom is 2.00 e. The molecule has 2 rings (SSSR count). The maximum absolute atomic E-state index is 11.8. The van der Waals surface area contributed by atoms with Crippen LogP contribution in [0.3, 0.4) is 0 Å². The van der Waals surface area contributed by atoms with Gasteiger partial charge in [-0.25, -0.2) is 9.59 Å². The first-order chi connectivity index (χ1) is 20.3. The fraction of sp³-hybridized carbons (Fsp3) is 0.529. The Hall–Kier alpha value is -3.16. The number of ether oxygens (including phenoxy) is 2. The topological polar surface area (TPSA) is 133 Å². The van der Waals surface area contributed by atoms with E-state index < -0.39 is 23.9 Å². The molecule has 0 heterocycles. The standard InChI is InChI=1S/2C17H24O4.Cu/c2*1-2-3-4-5-6-7-10-13-21-17(20)15-12-9-8-11-14(15)16(18)19;/h2*8-9,11-12H,2-7,10,13H2,1H3,(H,18,19);/q;;+2/p-2. The summed E-state index contributed by atoms with van der Waals surface area (Å²) in [4.78, 5) is 45.5. The predicted octanol–water partition coefficient (Wildman–Crippen LogP) is 5.91. The van der Waals surface area contributed by atoms with E-state index in [-0.39, 0.29) is 39.3 Å². The van der Waals surface area contributed by atoms with Crippen molar-refractivity contribution in [1.29, 1.82) is 0 Å². The number of carbonyl (C=O) groups is 4. The Labute approximate surface area is 267 Å². The zero-order valence-electron chi connectivity index (χ0n) is 25.5. The van der Waals surface area contributed by atoms with Crippen LogP contribution in [0.25, 0.3) is 0 Å². The zero-order chi connectivity index (χ0) is 31.0. The number of rotatable bonds is 20.